The monoisotopic (exact) mass is 542 g/mol. The largest absolute Gasteiger partial charge is 0.456 e. The molecule has 4 heteroatoms. The molecular formula is C37H22N2OS. The fourth-order valence-corrected chi connectivity index (χ4v) is 7.12. The number of nitrogens with zero attached hydrogens (tertiary/aromatic N) is 2. The van der Waals surface area contributed by atoms with Gasteiger partial charge < -0.3 is 8.98 Å². The maximum Gasteiger partial charge on any atom is 0.137 e. The van der Waals surface area contributed by atoms with Crippen LogP contribution in [0.3, 0.4) is 0 Å². The van der Waals surface area contributed by atoms with Crippen LogP contribution in [0.2, 0.25) is 0 Å². The van der Waals surface area contributed by atoms with Gasteiger partial charge in [0, 0.05) is 27.4 Å². The van der Waals surface area contributed by atoms with E-state index in [0.717, 1.165) is 48.4 Å². The molecular weight excluding hydrogens is 520 g/mol. The number of hydrogen-bond donors (Lipinski definition) is 0. The summed E-state index contributed by atoms with van der Waals surface area (Å²) in [5, 5.41) is 5.73. The lowest BCUT2D eigenvalue weighted by Gasteiger charge is -2.08. The lowest BCUT2D eigenvalue weighted by Crippen LogP contribution is -1.93. The number of rotatable bonds is 3. The summed E-state index contributed by atoms with van der Waals surface area (Å²) >= 11 is 1.73. The molecule has 0 radical (unpaired) electrons. The van der Waals surface area contributed by atoms with Crippen molar-refractivity contribution >= 4 is 65.3 Å². The molecule has 0 aliphatic carbocycles. The van der Waals surface area contributed by atoms with Crippen LogP contribution in [0.15, 0.2) is 138 Å². The minimum absolute atomic E-state index is 0.872. The van der Waals surface area contributed by atoms with Gasteiger partial charge in [0.1, 0.15) is 16.2 Å². The van der Waals surface area contributed by atoms with E-state index < -0.39 is 0 Å². The van der Waals surface area contributed by atoms with Crippen LogP contribution >= 0.6 is 11.3 Å². The van der Waals surface area contributed by atoms with E-state index in [1.54, 1.807) is 11.3 Å². The minimum Gasteiger partial charge on any atom is -0.456 e. The summed E-state index contributed by atoms with van der Waals surface area (Å²) in [7, 11) is 0. The Hall–Kier alpha value is -5.19. The lowest BCUT2D eigenvalue weighted by molar-refractivity contribution is 0.669. The lowest BCUT2D eigenvalue weighted by atomic mass is 10.0. The van der Waals surface area contributed by atoms with Crippen LogP contribution in [0.5, 0.6) is 0 Å². The first kappa shape index (κ1) is 22.6. The van der Waals surface area contributed by atoms with Gasteiger partial charge in [-0.05, 0) is 71.8 Å². The van der Waals surface area contributed by atoms with Crippen LogP contribution < -0.4 is 0 Å². The van der Waals surface area contributed by atoms with Gasteiger partial charge >= 0.3 is 0 Å². The van der Waals surface area contributed by atoms with Crippen LogP contribution in [0.4, 0.5) is 0 Å². The summed E-state index contributed by atoms with van der Waals surface area (Å²) in [6.45, 7) is 0. The third-order valence-electron chi connectivity index (χ3n) is 8.05. The van der Waals surface area contributed by atoms with Crippen molar-refractivity contribution in [1.29, 1.82) is 0 Å². The number of fused-ring (bicyclic) bond motifs is 8. The maximum atomic E-state index is 6.26. The van der Waals surface area contributed by atoms with Crippen molar-refractivity contribution in [2.45, 2.75) is 0 Å². The number of para-hydroxylation sites is 2. The molecule has 0 aliphatic rings. The molecule has 6 aromatic carbocycles. The van der Waals surface area contributed by atoms with Gasteiger partial charge in [-0.25, -0.2) is 4.98 Å². The van der Waals surface area contributed by atoms with Crippen LogP contribution in [0.1, 0.15) is 0 Å². The maximum absolute atomic E-state index is 6.26. The van der Waals surface area contributed by atoms with E-state index in [0.29, 0.717) is 0 Å². The van der Waals surface area contributed by atoms with E-state index in [1.165, 1.54) is 32.9 Å². The van der Waals surface area contributed by atoms with Crippen molar-refractivity contribution in [2.75, 3.05) is 0 Å². The van der Waals surface area contributed by atoms with E-state index in [4.69, 9.17) is 9.40 Å². The van der Waals surface area contributed by atoms with Crippen LogP contribution in [-0.4, -0.2) is 9.55 Å². The van der Waals surface area contributed by atoms with Crippen molar-refractivity contribution < 1.29 is 4.42 Å². The average molecular weight is 543 g/mol. The number of benzene rings is 6. The van der Waals surface area contributed by atoms with Gasteiger partial charge in [0.15, 0.2) is 0 Å². The van der Waals surface area contributed by atoms with Crippen LogP contribution in [-0.2, 0) is 0 Å². The summed E-state index contributed by atoms with van der Waals surface area (Å²) in [6.07, 6.45) is 0. The Morgan fingerprint density at radius 3 is 1.95 bits per heavy atom. The SMILES string of the molecule is c1ccc(-c2ccc3oc4ccc5sc(-c6ccc(-n7c8ccccc8c8ccccc87)cc6)nc5c4c3c2)cc1. The summed E-state index contributed by atoms with van der Waals surface area (Å²) in [6, 6.07) is 47.1. The molecule has 9 rings (SSSR count). The topological polar surface area (TPSA) is 31.0 Å². The zero-order chi connectivity index (χ0) is 26.9. The first-order valence-electron chi connectivity index (χ1n) is 13.7. The molecule has 0 amide bonds. The molecule has 3 nitrogen and oxygen atoms in total. The molecule has 0 bridgehead atoms. The molecule has 0 atom stereocenters. The summed E-state index contributed by atoms with van der Waals surface area (Å²) in [4.78, 5) is 5.18. The molecule has 3 aromatic heterocycles. The Balaban J connectivity index is 1.18. The van der Waals surface area contributed by atoms with Gasteiger partial charge in [-0.1, -0.05) is 72.8 Å². The standard InChI is InChI=1S/C37H22N2OS/c1-2-8-23(9-3-1)25-16-19-32-29(22-25)35-33(40-32)20-21-34-36(35)38-37(41-34)24-14-17-26(18-15-24)39-30-12-6-4-10-27(30)28-11-5-7-13-31(28)39/h1-22H. The van der Waals surface area contributed by atoms with Crippen molar-refractivity contribution in [3.05, 3.63) is 133 Å². The van der Waals surface area contributed by atoms with E-state index in [-0.39, 0.29) is 0 Å². The Kier molecular flexibility index (Phi) is 4.77. The Bertz CT molecular complexity index is 2360. The zero-order valence-electron chi connectivity index (χ0n) is 21.9. The zero-order valence-corrected chi connectivity index (χ0v) is 22.7. The summed E-state index contributed by atoms with van der Waals surface area (Å²) in [5.41, 5.74) is 9.81. The summed E-state index contributed by atoms with van der Waals surface area (Å²) in [5.74, 6) is 0. The highest BCUT2D eigenvalue weighted by atomic mass is 32.1. The average Bonchev–Trinajstić information content (AvgIpc) is 3.73. The quantitative estimate of drug-likeness (QED) is 0.222. The van der Waals surface area contributed by atoms with Crippen LogP contribution in [0.25, 0.3) is 81.3 Å². The first-order valence-corrected chi connectivity index (χ1v) is 14.5. The number of hydrogen-bond acceptors (Lipinski definition) is 3. The highest BCUT2D eigenvalue weighted by Gasteiger charge is 2.17. The molecule has 0 saturated heterocycles. The fourth-order valence-electron chi connectivity index (χ4n) is 6.14. The second-order valence-electron chi connectivity index (χ2n) is 10.4. The molecule has 41 heavy (non-hydrogen) atoms. The van der Waals surface area contributed by atoms with Gasteiger partial charge in [0.25, 0.3) is 0 Å². The van der Waals surface area contributed by atoms with Crippen LogP contribution in [0, 0.1) is 0 Å². The number of aromatic nitrogens is 2. The van der Waals surface area contributed by atoms with Crippen molar-refractivity contribution in [3.8, 4) is 27.4 Å². The fraction of sp³-hybridized carbons (Fsp3) is 0. The van der Waals surface area contributed by atoms with E-state index in [1.807, 2.05) is 6.07 Å². The van der Waals surface area contributed by atoms with E-state index in [2.05, 4.69) is 132 Å². The van der Waals surface area contributed by atoms with Gasteiger partial charge in [0.05, 0.1) is 26.6 Å². The second-order valence-corrected chi connectivity index (χ2v) is 11.4. The van der Waals surface area contributed by atoms with Gasteiger partial charge in [0.2, 0.25) is 0 Å². The predicted octanol–water partition coefficient (Wildman–Crippen LogP) is 10.6. The molecule has 9 aromatic rings. The van der Waals surface area contributed by atoms with Gasteiger partial charge in [-0.2, -0.15) is 0 Å². The molecule has 0 saturated carbocycles. The van der Waals surface area contributed by atoms with E-state index in [9.17, 15) is 0 Å². The predicted molar refractivity (Wildman–Crippen MR) is 172 cm³/mol. The normalized spacial score (nSPS) is 11.9. The smallest absolute Gasteiger partial charge is 0.137 e. The number of furan rings is 1. The Morgan fingerprint density at radius 1 is 0.537 bits per heavy atom. The summed E-state index contributed by atoms with van der Waals surface area (Å²) < 4.78 is 9.76. The highest BCUT2D eigenvalue weighted by Crippen LogP contribution is 2.40. The molecule has 0 fully saturated rings. The third kappa shape index (κ3) is 3.41. The molecule has 192 valence electrons. The molecule has 0 aliphatic heterocycles. The Labute approximate surface area is 239 Å². The molecule has 0 unspecified atom stereocenters. The van der Waals surface area contributed by atoms with Gasteiger partial charge in [-0.3, -0.25) is 0 Å². The molecule has 0 spiro atoms. The van der Waals surface area contributed by atoms with Crippen molar-refractivity contribution in [1.82, 2.24) is 9.55 Å². The van der Waals surface area contributed by atoms with Crippen molar-refractivity contribution in [3.63, 3.8) is 0 Å². The third-order valence-corrected chi connectivity index (χ3v) is 9.12. The van der Waals surface area contributed by atoms with E-state index >= 15 is 0 Å². The first-order chi connectivity index (χ1) is 20.3. The highest BCUT2D eigenvalue weighted by molar-refractivity contribution is 7.21. The molecule has 0 N–H and O–H groups in total. The van der Waals surface area contributed by atoms with Gasteiger partial charge in [-0.15, -0.1) is 11.3 Å². The number of thiazole rings is 1. The second kappa shape index (κ2) is 8.65. The molecule has 3 heterocycles. The Morgan fingerprint density at radius 2 is 1.20 bits per heavy atom. The van der Waals surface area contributed by atoms with Crippen molar-refractivity contribution in [2.24, 2.45) is 0 Å². The minimum atomic E-state index is 0.872.